The Hall–Kier alpha value is -2.11. The van der Waals surface area contributed by atoms with Crippen LogP contribution >= 0.6 is 24.0 Å². The Morgan fingerprint density at radius 2 is 1.93 bits per heavy atom. The number of aromatic nitrogens is 3. The van der Waals surface area contributed by atoms with Gasteiger partial charge in [-0.2, -0.15) is 0 Å². The second kappa shape index (κ2) is 10.9. The molecule has 0 aliphatic heterocycles. The lowest BCUT2D eigenvalue weighted by Gasteiger charge is -2.19. The van der Waals surface area contributed by atoms with Crippen molar-refractivity contribution in [3.8, 4) is 0 Å². The average molecular weight is 489 g/mol. The van der Waals surface area contributed by atoms with Gasteiger partial charge < -0.3 is 20.7 Å². The third-order valence-corrected chi connectivity index (χ3v) is 3.19. The van der Waals surface area contributed by atoms with Crippen molar-refractivity contribution >= 4 is 41.7 Å². The maximum Gasteiger partial charge on any atom is 0.407 e. The van der Waals surface area contributed by atoms with Gasteiger partial charge in [-0.05, 0) is 39.8 Å². The lowest BCUT2D eigenvalue weighted by Crippen LogP contribution is -2.42. The molecule has 0 atom stereocenters. The third kappa shape index (κ3) is 7.97. The van der Waals surface area contributed by atoms with E-state index in [4.69, 9.17) is 4.74 Å². The van der Waals surface area contributed by atoms with Crippen LogP contribution in [-0.2, 0) is 11.3 Å². The highest BCUT2D eigenvalue weighted by atomic mass is 127. The van der Waals surface area contributed by atoms with Gasteiger partial charge in [0.05, 0.1) is 0 Å². The minimum absolute atomic E-state index is 0. The standard InChI is InChI=1S/C17H27N7O2.HI/c1-5-18-15(19-9-10-20-16(25)26-17(2,3)4)21-12-14-23-22-13-8-6-7-11-24(13)14;/h6-8,11H,5,9-10,12H2,1-4H3,(H,20,25)(H2,18,19,21);1H. The summed E-state index contributed by atoms with van der Waals surface area (Å²) in [7, 11) is 0. The Balaban J connectivity index is 0.00000364. The fourth-order valence-electron chi connectivity index (χ4n) is 2.15. The molecule has 3 N–H and O–H groups in total. The van der Waals surface area contributed by atoms with Crippen molar-refractivity contribution < 1.29 is 9.53 Å². The smallest absolute Gasteiger partial charge is 0.407 e. The van der Waals surface area contributed by atoms with Crippen molar-refractivity contribution in [2.75, 3.05) is 19.6 Å². The van der Waals surface area contributed by atoms with Crippen LogP contribution in [0.15, 0.2) is 29.4 Å². The molecule has 2 rings (SSSR count). The molecule has 0 spiro atoms. The third-order valence-electron chi connectivity index (χ3n) is 3.19. The number of hydrogen-bond acceptors (Lipinski definition) is 5. The highest BCUT2D eigenvalue weighted by Gasteiger charge is 2.15. The van der Waals surface area contributed by atoms with Crippen LogP contribution < -0.4 is 16.0 Å². The van der Waals surface area contributed by atoms with Crippen molar-refractivity contribution in [1.82, 2.24) is 30.5 Å². The average Bonchev–Trinajstić information content (AvgIpc) is 2.98. The Bertz CT molecular complexity index is 755. The van der Waals surface area contributed by atoms with E-state index in [9.17, 15) is 4.79 Å². The molecular formula is C17H28IN7O2. The molecule has 2 aromatic heterocycles. The number of rotatable bonds is 6. The summed E-state index contributed by atoms with van der Waals surface area (Å²) in [5.41, 5.74) is 0.284. The van der Waals surface area contributed by atoms with Crippen LogP contribution in [0.3, 0.4) is 0 Å². The van der Waals surface area contributed by atoms with Crippen LogP contribution in [0.2, 0.25) is 0 Å². The Morgan fingerprint density at radius 3 is 2.63 bits per heavy atom. The summed E-state index contributed by atoms with van der Waals surface area (Å²) in [6.45, 7) is 9.53. The van der Waals surface area contributed by atoms with Gasteiger partial charge in [0.2, 0.25) is 0 Å². The number of nitrogens with zero attached hydrogens (tertiary/aromatic N) is 4. The van der Waals surface area contributed by atoms with Gasteiger partial charge in [0.25, 0.3) is 0 Å². The maximum absolute atomic E-state index is 11.6. The fraction of sp³-hybridized carbons (Fsp3) is 0.529. The molecule has 0 aromatic carbocycles. The molecule has 2 heterocycles. The summed E-state index contributed by atoms with van der Waals surface area (Å²) >= 11 is 0. The van der Waals surface area contributed by atoms with Crippen LogP contribution in [-0.4, -0.2) is 51.9 Å². The molecule has 1 amide bonds. The molecule has 0 saturated heterocycles. The van der Waals surface area contributed by atoms with E-state index in [1.54, 1.807) is 0 Å². The Labute approximate surface area is 176 Å². The SMILES string of the molecule is CCNC(=NCc1nnc2ccccn12)NCCNC(=O)OC(C)(C)C.I. The van der Waals surface area contributed by atoms with Crippen LogP contribution in [0, 0.1) is 0 Å². The molecule has 0 bridgehead atoms. The van der Waals surface area contributed by atoms with Gasteiger partial charge >= 0.3 is 6.09 Å². The molecule has 2 aromatic rings. The van der Waals surface area contributed by atoms with Gasteiger partial charge in [0.15, 0.2) is 17.4 Å². The van der Waals surface area contributed by atoms with E-state index < -0.39 is 11.7 Å². The minimum Gasteiger partial charge on any atom is -0.444 e. The number of ether oxygens (including phenoxy) is 1. The monoisotopic (exact) mass is 489 g/mol. The largest absolute Gasteiger partial charge is 0.444 e. The number of fused-ring (bicyclic) bond motifs is 1. The second-order valence-electron chi connectivity index (χ2n) is 6.60. The van der Waals surface area contributed by atoms with Gasteiger partial charge in [-0.15, -0.1) is 34.2 Å². The summed E-state index contributed by atoms with van der Waals surface area (Å²) in [4.78, 5) is 16.1. The van der Waals surface area contributed by atoms with Gasteiger partial charge in [-0.3, -0.25) is 4.40 Å². The Morgan fingerprint density at radius 1 is 1.19 bits per heavy atom. The van der Waals surface area contributed by atoms with Gasteiger partial charge in [0, 0.05) is 25.8 Å². The van der Waals surface area contributed by atoms with Crippen molar-refractivity contribution in [1.29, 1.82) is 0 Å². The maximum atomic E-state index is 11.6. The molecule has 10 heteroatoms. The first-order valence-electron chi connectivity index (χ1n) is 8.66. The predicted molar refractivity (Wildman–Crippen MR) is 115 cm³/mol. The summed E-state index contributed by atoms with van der Waals surface area (Å²) in [5, 5.41) is 17.3. The van der Waals surface area contributed by atoms with Crippen molar-refractivity contribution in [2.45, 2.75) is 39.8 Å². The van der Waals surface area contributed by atoms with Gasteiger partial charge in [-0.25, -0.2) is 9.79 Å². The van der Waals surface area contributed by atoms with Crippen LogP contribution in [0.25, 0.3) is 5.65 Å². The molecular weight excluding hydrogens is 461 g/mol. The predicted octanol–water partition coefficient (Wildman–Crippen LogP) is 1.93. The van der Waals surface area contributed by atoms with E-state index in [1.165, 1.54) is 0 Å². The summed E-state index contributed by atoms with van der Waals surface area (Å²) in [6.07, 6.45) is 1.47. The lowest BCUT2D eigenvalue weighted by atomic mass is 10.2. The first kappa shape index (κ1) is 22.9. The number of aliphatic imine (C=N–C) groups is 1. The zero-order valence-electron chi connectivity index (χ0n) is 16.2. The molecule has 0 fully saturated rings. The van der Waals surface area contributed by atoms with Crippen molar-refractivity contribution in [2.24, 2.45) is 4.99 Å². The van der Waals surface area contributed by atoms with E-state index in [0.29, 0.717) is 25.6 Å². The molecule has 0 saturated carbocycles. The van der Waals surface area contributed by atoms with Crippen molar-refractivity contribution in [3.63, 3.8) is 0 Å². The fourth-order valence-corrected chi connectivity index (χ4v) is 2.15. The molecule has 27 heavy (non-hydrogen) atoms. The molecule has 0 radical (unpaired) electrons. The van der Waals surface area contributed by atoms with Crippen LogP contribution in [0.1, 0.15) is 33.5 Å². The highest BCUT2D eigenvalue weighted by molar-refractivity contribution is 14.0. The number of carbonyl (C=O) groups excluding carboxylic acids is 1. The first-order chi connectivity index (χ1) is 12.4. The number of guanidine groups is 1. The summed E-state index contributed by atoms with van der Waals surface area (Å²) in [6, 6.07) is 5.74. The number of amides is 1. The quantitative estimate of drug-likeness (QED) is 0.248. The van der Waals surface area contributed by atoms with E-state index in [1.807, 2.05) is 56.5 Å². The number of pyridine rings is 1. The minimum atomic E-state index is -0.505. The van der Waals surface area contributed by atoms with Gasteiger partial charge in [-0.1, -0.05) is 6.07 Å². The molecule has 0 aliphatic carbocycles. The number of carbonyl (C=O) groups is 1. The number of hydrogen-bond donors (Lipinski definition) is 3. The topological polar surface area (TPSA) is 105 Å². The molecule has 9 nitrogen and oxygen atoms in total. The van der Waals surface area contributed by atoms with E-state index >= 15 is 0 Å². The van der Waals surface area contributed by atoms with E-state index in [0.717, 1.165) is 18.0 Å². The first-order valence-corrected chi connectivity index (χ1v) is 8.66. The second-order valence-corrected chi connectivity index (χ2v) is 6.60. The number of alkyl carbamates (subject to hydrolysis) is 1. The molecule has 150 valence electrons. The highest BCUT2D eigenvalue weighted by Crippen LogP contribution is 2.06. The number of nitrogens with one attached hydrogen (secondary N) is 3. The van der Waals surface area contributed by atoms with E-state index in [-0.39, 0.29) is 24.0 Å². The zero-order chi connectivity index (χ0) is 19.0. The summed E-state index contributed by atoms with van der Waals surface area (Å²) in [5.74, 6) is 1.40. The summed E-state index contributed by atoms with van der Waals surface area (Å²) < 4.78 is 7.09. The van der Waals surface area contributed by atoms with Crippen LogP contribution in [0.4, 0.5) is 4.79 Å². The van der Waals surface area contributed by atoms with Gasteiger partial charge in [0.1, 0.15) is 12.1 Å². The van der Waals surface area contributed by atoms with E-state index in [2.05, 4.69) is 31.1 Å². The van der Waals surface area contributed by atoms with Crippen molar-refractivity contribution in [3.05, 3.63) is 30.2 Å². The van der Waals surface area contributed by atoms with Crippen LogP contribution in [0.5, 0.6) is 0 Å². The molecule has 0 aliphatic rings. The normalized spacial score (nSPS) is 11.6. The number of halogens is 1. The Kier molecular flexibility index (Phi) is 9.26. The zero-order valence-corrected chi connectivity index (χ0v) is 18.5. The lowest BCUT2D eigenvalue weighted by molar-refractivity contribution is 0.0529. The molecule has 0 unspecified atom stereocenters.